The Hall–Kier alpha value is -1.41. The second kappa shape index (κ2) is 6.16. The minimum absolute atomic E-state index is 0.0415. The van der Waals surface area contributed by atoms with Crippen molar-refractivity contribution < 1.29 is 18.0 Å². The zero-order chi connectivity index (χ0) is 14.6. The molecule has 1 unspecified atom stereocenters. The summed E-state index contributed by atoms with van der Waals surface area (Å²) >= 11 is 1.22. The zero-order valence-electron chi connectivity index (χ0n) is 10.1. The molecule has 1 aromatic carbocycles. The first-order valence-corrected chi connectivity index (χ1v) is 6.25. The lowest BCUT2D eigenvalue weighted by molar-refractivity contribution is -0.137. The third-order valence-electron chi connectivity index (χ3n) is 2.30. The molecule has 0 saturated heterocycles. The van der Waals surface area contributed by atoms with Gasteiger partial charge in [-0.3, -0.25) is 10.2 Å². The van der Waals surface area contributed by atoms with Crippen LogP contribution in [-0.4, -0.2) is 11.2 Å². The van der Waals surface area contributed by atoms with Crippen molar-refractivity contribution in [1.82, 2.24) is 5.43 Å². The van der Waals surface area contributed by atoms with Gasteiger partial charge in [-0.15, -0.1) is 11.8 Å². The zero-order valence-corrected chi connectivity index (χ0v) is 10.9. The van der Waals surface area contributed by atoms with Crippen molar-refractivity contribution in [2.24, 2.45) is 5.84 Å². The number of anilines is 1. The molecule has 1 atom stereocenters. The number of hydrogen-bond donors (Lipinski definition) is 3. The third kappa shape index (κ3) is 4.64. The number of thioether (sulfide) groups is 1. The number of carbonyl (C=O) groups excluding carboxylic acids is 1. The lowest BCUT2D eigenvalue weighted by Crippen LogP contribution is -2.31. The number of nitrogens with two attached hydrogens (primary N) is 2. The molecule has 0 spiro atoms. The maximum Gasteiger partial charge on any atom is 0.416 e. The number of hydrogen-bond acceptors (Lipinski definition) is 4. The van der Waals surface area contributed by atoms with Crippen molar-refractivity contribution in [3.05, 3.63) is 23.8 Å². The number of benzene rings is 1. The van der Waals surface area contributed by atoms with E-state index in [1.165, 1.54) is 17.8 Å². The van der Waals surface area contributed by atoms with E-state index in [-0.39, 0.29) is 23.3 Å². The molecule has 1 aromatic rings. The van der Waals surface area contributed by atoms with Crippen molar-refractivity contribution in [2.45, 2.75) is 29.7 Å². The Morgan fingerprint density at radius 1 is 1.47 bits per heavy atom. The smallest absolute Gasteiger partial charge is 0.398 e. The number of hydrazine groups is 1. The van der Waals surface area contributed by atoms with Crippen LogP contribution in [0, 0.1) is 0 Å². The molecule has 8 heteroatoms. The van der Waals surface area contributed by atoms with Gasteiger partial charge in [-0.25, -0.2) is 5.84 Å². The number of carbonyl (C=O) groups is 1. The molecular formula is C11H14F3N3OS. The number of nitrogen functional groups attached to an aromatic ring is 1. The summed E-state index contributed by atoms with van der Waals surface area (Å²) in [7, 11) is 0. The number of amides is 1. The lowest BCUT2D eigenvalue weighted by Gasteiger charge is -2.14. The molecule has 0 radical (unpaired) electrons. The maximum absolute atomic E-state index is 12.5. The minimum atomic E-state index is -4.41. The van der Waals surface area contributed by atoms with E-state index in [2.05, 4.69) is 0 Å². The van der Waals surface area contributed by atoms with E-state index in [0.29, 0.717) is 4.90 Å². The van der Waals surface area contributed by atoms with Gasteiger partial charge in [0.2, 0.25) is 5.91 Å². The average molecular weight is 293 g/mol. The summed E-state index contributed by atoms with van der Waals surface area (Å²) in [6.07, 6.45) is -4.26. The van der Waals surface area contributed by atoms with Gasteiger partial charge in [0.25, 0.3) is 0 Å². The first-order valence-electron chi connectivity index (χ1n) is 5.37. The molecule has 0 aromatic heterocycles. The van der Waals surface area contributed by atoms with Crippen molar-refractivity contribution in [3.63, 3.8) is 0 Å². The second-order valence-corrected chi connectivity index (χ2v) is 5.43. The van der Waals surface area contributed by atoms with Crippen LogP contribution in [0.4, 0.5) is 18.9 Å². The van der Waals surface area contributed by atoms with Crippen LogP contribution in [0.15, 0.2) is 23.1 Å². The van der Waals surface area contributed by atoms with Gasteiger partial charge in [0.15, 0.2) is 0 Å². The molecule has 5 N–H and O–H groups in total. The van der Waals surface area contributed by atoms with E-state index < -0.39 is 11.7 Å². The Labute approximate surface area is 112 Å². The highest BCUT2D eigenvalue weighted by molar-refractivity contribution is 8.00. The molecule has 0 aliphatic rings. The Bertz CT molecular complexity index is 465. The maximum atomic E-state index is 12.5. The van der Waals surface area contributed by atoms with Gasteiger partial charge in [0.05, 0.1) is 5.56 Å². The predicted octanol–water partition coefficient (Wildman–Crippen LogP) is 2.15. The quantitative estimate of drug-likeness (QED) is 0.261. The van der Waals surface area contributed by atoms with Crippen LogP contribution in [0.25, 0.3) is 0 Å². The fourth-order valence-electron chi connectivity index (χ4n) is 1.41. The molecule has 0 saturated carbocycles. The fourth-order valence-corrected chi connectivity index (χ4v) is 2.42. The molecule has 0 heterocycles. The highest BCUT2D eigenvalue weighted by Gasteiger charge is 2.30. The fraction of sp³-hybridized carbons (Fsp3) is 0.364. The van der Waals surface area contributed by atoms with Gasteiger partial charge in [0, 0.05) is 22.3 Å². The number of rotatable bonds is 4. The van der Waals surface area contributed by atoms with Crippen molar-refractivity contribution >= 4 is 23.4 Å². The van der Waals surface area contributed by atoms with Crippen LogP contribution in [0.1, 0.15) is 18.9 Å². The first kappa shape index (κ1) is 15.6. The minimum Gasteiger partial charge on any atom is -0.398 e. The van der Waals surface area contributed by atoms with Crippen LogP contribution in [0.3, 0.4) is 0 Å². The van der Waals surface area contributed by atoms with Crippen molar-refractivity contribution in [1.29, 1.82) is 0 Å². The summed E-state index contributed by atoms with van der Waals surface area (Å²) in [6, 6.07) is 3.16. The predicted molar refractivity (Wildman–Crippen MR) is 68.1 cm³/mol. The molecule has 0 fully saturated rings. The molecule has 0 aliphatic carbocycles. The average Bonchev–Trinajstić information content (AvgIpc) is 2.30. The van der Waals surface area contributed by atoms with Crippen LogP contribution < -0.4 is 17.0 Å². The normalized spacial score (nSPS) is 13.1. The van der Waals surface area contributed by atoms with Crippen LogP contribution in [0.2, 0.25) is 0 Å². The topological polar surface area (TPSA) is 81.1 Å². The highest BCUT2D eigenvalue weighted by Crippen LogP contribution is 2.35. The Morgan fingerprint density at radius 2 is 2.11 bits per heavy atom. The van der Waals surface area contributed by atoms with Crippen LogP contribution in [0.5, 0.6) is 0 Å². The third-order valence-corrected chi connectivity index (χ3v) is 3.49. The number of halogens is 3. The molecule has 0 aliphatic heterocycles. The van der Waals surface area contributed by atoms with E-state index in [4.69, 9.17) is 11.6 Å². The van der Waals surface area contributed by atoms with Crippen LogP contribution in [-0.2, 0) is 11.0 Å². The Kier molecular flexibility index (Phi) is 5.07. The van der Waals surface area contributed by atoms with Crippen molar-refractivity contribution in [2.75, 3.05) is 5.73 Å². The van der Waals surface area contributed by atoms with Gasteiger partial charge in [-0.1, -0.05) is 6.92 Å². The number of nitrogens with one attached hydrogen (secondary N) is 1. The standard InChI is InChI=1S/C11H14F3N3OS/c1-6(4-10(18)17-16)19-9-3-2-7(5-8(9)15)11(12,13)14/h2-3,5-6H,4,15-16H2,1H3,(H,17,18). The molecule has 19 heavy (non-hydrogen) atoms. The molecule has 0 bridgehead atoms. The summed E-state index contributed by atoms with van der Waals surface area (Å²) in [6.45, 7) is 1.76. The lowest BCUT2D eigenvalue weighted by atomic mass is 10.2. The first-order chi connectivity index (χ1) is 8.74. The van der Waals surface area contributed by atoms with Gasteiger partial charge < -0.3 is 5.73 Å². The summed E-state index contributed by atoms with van der Waals surface area (Å²) in [4.78, 5) is 11.6. The van der Waals surface area contributed by atoms with Crippen LogP contribution >= 0.6 is 11.8 Å². The second-order valence-electron chi connectivity index (χ2n) is 3.95. The van der Waals surface area contributed by atoms with E-state index in [0.717, 1.165) is 12.1 Å². The largest absolute Gasteiger partial charge is 0.416 e. The van der Waals surface area contributed by atoms with Gasteiger partial charge in [-0.05, 0) is 18.2 Å². The summed E-state index contributed by atoms with van der Waals surface area (Å²) in [5, 5.41) is -0.150. The van der Waals surface area contributed by atoms with Crippen molar-refractivity contribution in [3.8, 4) is 0 Å². The summed E-state index contributed by atoms with van der Waals surface area (Å²) in [5.74, 6) is 4.61. The molecular weight excluding hydrogens is 279 g/mol. The van der Waals surface area contributed by atoms with E-state index >= 15 is 0 Å². The van der Waals surface area contributed by atoms with Gasteiger partial charge in [-0.2, -0.15) is 13.2 Å². The Morgan fingerprint density at radius 3 is 2.58 bits per heavy atom. The molecule has 1 amide bonds. The van der Waals surface area contributed by atoms with E-state index in [1.54, 1.807) is 6.92 Å². The highest BCUT2D eigenvalue weighted by atomic mass is 32.2. The summed E-state index contributed by atoms with van der Waals surface area (Å²) in [5.41, 5.74) is 6.83. The molecule has 106 valence electrons. The SMILES string of the molecule is CC(CC(=O)NN)Sc1ccc(C(F)(F)F)cc1N. The molecule has 4 nitrogen and oxygen atoms in total. The number of alkyl halides is 3. The van der Waals surface area contributed by atoms with E-state index in [1.807, 2.05) is 5.43 Å². The summed E-state index contributed by atoms with van der Waals surface area (Å²) < 4.78 is 37.4. The van der Waals surface area contributed by atoms with Gasteiger partial charge in [0.1, 0.15) is 0 Å². The Balaban J connectivity index is 2.78. The van der Waals surface area contributed by atoms with E-state index in [9.17, 15) is 18.0 Å². The molecule has 1 rings (SSSR count). The monoisotopic (exact) mass is 293 g/mol. The van der Waals surface area contributed by atoms with Gasteiger partial charge >= 0.3 is 6.18 Å².